The number of benzene rings is 1. The van der Waals surface area contributed by atoms with E-state index in [1.54, 1.807) is 0 Å². The molecule has 1 aromatic rings. The molecule has 0 unspecified atom stereocenters. The monoisotopic (exact) mass is 236 g/mol. The number of allylic oxidation sites excluding steroid dienone is 2. The summed E-state index contributed by atoms with van der Waals surface area (Å²) >= 11 is 5.60. The smallest absolute Gasteiger partial charge is 0.122 e. The second kappa shape index (κ2) is 5.95. The van der Waals surface area contributed by atoms with Crippen molar-refractivity contribution in [1.82, 2.24) is 0 Å². The Morgan fingerprint density at radius 3 is 3.00 bits per heavy atom. The number of halogens is 1. The Bertz CT molecular complexity index is 371. The van der Waals surface area contributed by atoms with Gasteiger partial charge in [0.05, 0.1) is 6.61 Å². The number of hydrogen-bond acceptors (Lipinski definition) is 1. The van der Waals surface area contributed by atoms with E-state index in [1.807, 2.05) is 0 Å². The van der Waals surface area contributed by atoms with Crippen LogP contribution in [0.5, 0.6) is 5.75 Å². The largest absolute Gasteiger partial charge is 0.493 e. The summed E-state index contributed by atoms with van der Waals surface area (Å²) in [5.74, 6) is 1.79. The fourth-order valence-electron chi connectivity index (χ4n) is 1.94. The van der Waals surface area contributed by atoms with Gasteiger partial charge in [-0.3, -0.25) is 0 Å². The highest BCUT2D eigenvalue weighted by atomic mass is 35.5. The van der Waals surface area contributed by atoms with Crippen LogP contribution in [0.2, 0.25) is 0 Å². The number of rotatable bonds is 5. The molecular weight excluding hydrogens is 220 g/mol. The lowest BCUT2D eigenvalue weighted by Gasteiger charge is -2.02. The van der Waals surface area contributed by atoms with Crippen molar-refractivity contribution in [1.29, 1.82) is 0 Å². The molecule has 0 N–H and O–H groups in total. The normalized spacial score (nSPS) is 14.1. The maximum atomic E-state index is 5.60. The van der Waals surface area contributed by atoms with Crippen LogP contribution in [0.25, 0.3) is 0 Å². The first-order valence-electron chi connectivity index (χ1n) is 5.86. The SMILES string of the molecule is ClCCC=CCCc1ccc2c(c1)CCO2. The first-order chi connectivity index (χ1) is 7.90. The van der Waals surface area contributed by atoms with Gasteiger partial charge in [0.15, 0.2) is 0 Å². The summed E-state index contributed by atoms with van der Waals surface area (Å²) in [6, 6.07) is 6.54. The third-order valence-corrected chi connectivity index (χ3v) is 3.01. The minimum atomic E-state index is 0.715. The summed E-state index contributed by atoms with van der Waals surface area (Å²) in [6.07, 6.45) is 8.60. The van der Waals surface area contributed by atoms with Crippen molar-refractivity contribution in [3.8, 4) is 5.75 Å². The molecule has 0 aliphatic carbocycles. The summed E-state index contributed by atoms with van der Waals surface area (Å²) in [4.78, 5) is 0. The van der Waals surface area contributed by atoms with Crippen molar-refractivity contribution in [2.75, 3.05) is 12.5 Å². The van der Waals surface area contributed by atoms with Crippen LogP contribution < -0.4 is 4.74 Å². The Morgan fingerprint density at radius 1 is 1.25 bits per heavy atom. The van der Waals surface area contributed by atoms with E-state index in [-0.39, 0.29) is 0 Å². The van der Waals surface area contributed by atoms with Crippen LogP contribution in [0, 0.1) is 0 Å². The van der Waals surface area contributed by atoms with Crippen molar-refractivity contribution >= 4 is 11.6 Å². The highest BCUT2D eigenvalue weighted by Gasteiger charge is 2.11. The Labute approximate surface area is 102 Å². The molecule has 0 radical (unpaired) electrons. The number of alkyl halides is 1. The lowest BCUT2D eigenvalue weighted by Crippen LogP contribution is -1.85. The highest BCUT2D eigenvalue weighted by Crippen LogP contribution is 2.26. The maximum Gasteiger partial charge on any atom is 0.122 e. The predicted octanol–water partition coefficient (Wildman–Crippen LogP) is 3.74. The van der Waals surface area contributed by atoms with Gasteiger partial charge in [-0.15, -0.1) is 11.6 Å². The van der Waals surface area contributed by atoms with Crippen molar-refractivity contribution in [3.05, 3.63) is 41.5 Å². The van der Waals surface area contributed by atoms with Gasteiger partial charge in [-0.05, 0) is 36.5 Å². The van der Waals surface area contributed by atoms with E-state index in [0.717, 1.165) is 38.0 Å². The van der Waals surface area contributed by atoms with Gasteiger partial charge in [0.25, 0.3) is 0 Å². The molecule has 1 aliphatic rings. The van der Waals surface area contributed by atoms with Crippen molar-refractivity contribution in [2.24, 2.45) is 0 Å². The molecule has 1 aliphatic heterocycles. The van der Waals surface area contributed by atoms with Crippen LogP contribution in [0.4, 0.5) is 0 Å². The van der Waals surface area contributed by atoms with Gasteiger partial charge in [-0.2, -0.15) is 0 Å². The van der Waals surface area contributed by atoms with Gasteiger partial charge in [-0.25, -0.2) is 0 Å². The molecule has 0 saturated carbocycles. The second-order valence-corrected chi connectivity index (χ2v) is 4.41. The zero-order valence-corrected chi connectivity index (χ0v) is 10.2. The van der Waals surface area contributed by atoms with Crippen molar-refractivity contribution in [3.63, 3.8) is 0 Å². The van der Waals surface area contributed by atoms with Gasteiger partial charge >= 0.3 is 0 Å². The molecule has 2 rings (SSSR count). The summed E-state index contributed by atoms with van der Waals surface area (Å²) < 4.78 is 5.48. The molecule has 16 heavy (non-hydrogen) atoms. The van der Waals surface area contributed by atoms with Crippen LogP contribution in [-0.4, -0.2) is 12.5 Å². The molecule has 0 spiro atoms. The van der Waals surface area contributed by atoms with Crippen molar-refractivity contribution < 1.29 is 4.74 Å². The van der Waals surface area contributed by atoms with Crippen LogP contribution in [0.1, 0.15) is 24.0 Å². The predicted molar refractivity (Wildman–Crippen MR) is 68.4 cm³/mol. The molecule has 0 saturated heterocycles. The Kier molecular flexibility index (Phi) is 4.29. The summed E-state index contributed by atoms with van der Waals surface area (Å²) in [5, 5.41) is 0. The minimum absolute atomic E-state index is 0.715. The number of ether oxygens (including phenoxy) is 1. The van der Waals surface area contributed by atoms with Crippen LogP contribution in [0.3, 0.4) is 0 Å². The van der Waals surface area contributed by atoms with E-state index >= 15 is 0 Å². The van der Waals surface area contributed by atoms with Crippen molar-refractivity contribution in [2.45, 2.75) is 25.7 Å². The molecule has 1 nitrogen and oxygen atoms in total. The summed E-state index contributed by atoms with van der Waals surface area (Å²) in [7, 11) is 0. The Balaban J connectivity index is 1.86. The first kappa shape index (κ1) is 11.5. The van der Waals surface area contributed by atoms with Crippen LogP contribution in [0.15, 0.2) is 30.4 Å². The number of aryl methyl sites for hydroxylation is 1. The number of hydrogen-bond donors (Lipinski definition) is 0. The van der Waals surface area contributed by atoms with E-state index in [2.05, 4.69) is 30.4 Å². The fraction of sp³-hybridized carbons (Fsp3) is 0.429. The molecule has 86 valence electrons. The lowest BCUT2D eigenvalue weighted by molar-refractivity contribution is 0.357. The quantitative estimate of drug-likeness (QED) is 0.559. The molecule has 0 bridgehead atoms. The van der Waals surface area contributed by atoms with Gasteiger partial charge in [-0.1, -0.05) is 24.3 Å². The molecule has 0 atom stereocenters. The van der Waals surface area contributed by atoms with Gasteiger partial charge in [0.2, 0.25) is 0 Å². The van der Waals surface area contributed by atoms with E-state index in [9.17, 15) is 0 Å². The van der Waals surface area contributed by atoms with Gasteiger partial charge in [0, 0.05) is 12.3 Å². The topological polar surface area (TPSA) is 9.23 Å². The van der Waals surface area contributed by atoms with E-state index < -0.39 is 0 Å². The molecule has 0 amide bonds. The van der Waals surface area contributed by atoms with Gasteiger partial charge in [0.1, 0.15) is 5.75 Å². The molecule has 1 aromatic carbocycles. The Hall–Kier alpha value is -0.950. The highest BCUT2D eigenvalue weighted by molar-refractivity contribution is 6.17. The fourth-order valence-corrected chi connectivity index (χ4v) is 2.07. The van der Waals surface area contributed by atoms with Crippen LogP contribution in [-0.2, 0) is 12.8 Å². The average Bonchev–Trinajstić information content (AvgIpc) is 2.76. The van der Waals surface area contributed by atoms with E-state index in [4.69, 9.17) is 16.3 Å². The third-order valence-electron chi connectivity index (χ3n) is 2.80. The van der Waals surface area contributed by atoms with Crippen LogP contribution >= 0.6 is 11.6 Å². The lowest BCUT2D eigenvalue weighted by atomic mass is 10.0. The second-order valence-electron chi connectivity index (χ2n) is 4.03. The standard InChI is InChI=1S/C14H17ClO/c15-9-4-2-1-3-5-12-6-7-14-13(11-12)8-10-16-14/h1-2,6-7,11H,3-5,8-10H2. The molecule has 2 heteroatoms. The summed E-state index contributed by atoms with van der Waals surface area (Å²) in [6.45, 7) is 0.842. The first-order valence-corrected chi connectivity index (χ1v) is 6.39. The zero-order chi connectivity index (χ0) is 11.2. The molecule has 0 aromatic heterocycles. The number of fused-ring (bicyclic) bond motifs is 1. The molecular formula is C14H17ClO. The average molecular weight is 237 g/mol. The third kappa shape index (κ3) is 3.02. The molecule has 1 heterocycles. The minimum Gasteiger partial charge on any atom is -0.493 e. The molecule has 0 fully saturated rings. The van der Waals surface area contributed by atoms with E-state index in [1.165, 1.54) is 11.1 Å². The zero-order valence-electron chi connectivity index (χ0n) is 9.42. The summed E-state index contributed by atoms with van der Waals surface area (Å²) in [5.41, 5.74) is 2.77. The van der Waals surface area contributed by atoms with Gasteiger partial charge < -0.3 is 4.74 Å². The maximum absolute atomic E-state index is 5.60. The van der Waals surface area contributed by atoms with E-state index in [0.29, 0.717) is 5.88 Å². The Morgan fingerprint density at radius 2 is 2.12 bits per heavy atom.